The summed E-state index contributed by atoms with van der Waals surface area (Å²) in [6, 6.07) is 11.7. The fourth-order valence-corrected chi connectivity index (χ4v) is 3.67. The molecule has 156 valence electrons. The SMILES string of the molecule is CC(C)(C)NC(=O)NC(=O)COC(=O)c1cc(-c2ccc(Cl)s2)nc2ccccc12. The third-order valence-electron chi connectivity index (χ3n) is 3.84. The number of thiophene rings is 1. The zero-order valence-corrected chi connectivity index (χ0v) is 18.2. The van der Waals surface area contributed by atoms with Gasteiger partial charge in [0.15, 0.2) is 6.61 Å². The number of fused-ring (bicyclic) bond motifs is 1. The summed E-state index contributed by atoms with van der Waals surface area (Å²) in [6.07, 6.45) is 0. The van der Waals surface area contributed by atoms with E-state index in [-0.39, 0.29) is 5.56 Å². The summed E-state index contributed by atoms with van der Waals surface area (Å²) in [4.78, 5) is 41.8. The Bertz CT molecular complexity index is 1120. The molecule has 2 heterocycles. The molecule has 0 spiro atoms. The second-order valence-corrected chi connectivity index (χ2v) is 9.22. The van der Waals surface area contributed by atoms with Crippen molar-refractivity contribution in [3.63, 3.8) is 0 Å². The van der Waals surface area contributed by atoms with Gasteiger partial charge in [-0.2, -0.15) is 0 Å². The maximum absolute atomic E-state index is 12.7. The summed E-state index contributed by atoms with van der Waals surface area (Å²) in [5, 5.41) is 5.32. The van der Waals surface area contributed by atoms with E-state index in [9.17, 15) is 14.4 Å². The van der Waals surface area contributed by atoms with E-state index in [4.69, 9.17) is 16.3 Å². The van der Waals surface area contributed by atoms with Crippen LogP contribution in [0.1, 0.15) is 31.1 Å². The molecule has 0 fully saturated rings. The highest BCUT2D eigenvalue weighted by Crippen LogP contribution is 2.32. The van der Waals surface area contributed by atoms with Gasteiger partial charge < -0.3 is 10.1 Å². The predicted octanol–water partition coefficient (Wildman–Crippen LogP) is 4.40. The number of carbonyl (C=O) groups excluding carboxylic acids is 3. The highest BCUT2D eigenvalue weighted by molar-refractivity contribution is 7.19. The number of halogens is 1. The fourth-order valence-electron chi connectivity index (χ4n) is 2.67. The molecule has 0 aliphatic rings. The Morgan fingerprint density at radius 3 is 2.53 bits per heavy atom. The van der Waals surface area contributed by atoms with Gasteiger partial charge in [0, 0.05) is 10.9 Å². The minimum absolute atomic E-state index is 0.270. The molecule has 2 aromatic heterocycles. The fraction of sp³-hybridized carbons (Fsp3) is 0.238. The van der Waals surface area contributed by atoms with Gasteiger partial charge in [-0.1, -0.05) is 29.8 Å². The molecule has 30 heavy (non-hydrogen) atoms. The molecule has 7 nitrogen and oxygen atoms in total. The Morgan fingerprint density at radius 1 is 1.13 bits per heavy atom. The van der Waals surface area contributed by atoms with Crippen molar-refractivity contribution in [2.45, 2.75) is 26.3 Å². The molecular formula is C21H20ClN3O4S. The van der Waals surface area contributed by atoms with Gasteiger partial charge in [0.1, 0.15) is 0 Å². The van der Waals surface area contributed by atoms with Crippen LogP contribution in [0.25, 0.3) is 21.5 Å². The number of carbonyl (C=O) groups is 3. The highest BCUT2D eigenvalue weighted by Gasteiger charge is 2.19. The number of ether oxygens (including phenoxy) is 1. The van der Waals surface area contributed by atoms with E-state index in [1.54, 1.807) is 51.1 Å². The Labute approximate surface area is 182 Å². The van der Waals surface area contributed by atoms with E-state index in [1.807, 2.05) is 12.1 Å². The molecule has 0 radical (unpaired) electrons. The van der Waals surface area contributed by atoms with Gasteiger partial charge in [0.2, 0.25) is 0 Å². The summed E-state index contributed by atoms with van der Waals surface area (Å²) in [5.74, 6) is -1.42. The van der Waals surface area contributed by atoms with Crippen LogP contribution in [0.5, 0.6) is 0 Å². The second kappa shape index (κ2) is 8.81. The molecule has 3 aromatic rings. The minimum atomic E-state index is -0.728. The number of hydrogen-bond donors (Lipinski definition) is 2. The Kier molecular flexibility index (Phi) is 6.38. The molecule has 0 unspecified atom stereocenters. The molecule has 2 N–H and O–H groups in total. The van der Waals surface area contributed by atoms with E-state index in [0.717, 1.165) is 4.88 Å². The summed E-state index contributed by atoms with van der Waals surface area (Å²) < 4.78 is 5.75. The van der Waals surface area contributed by atoms with Crippen molar-refractivity contribution in [1.82, 2.24) is 15.6 Å². The van der Waals surface area contributed by atoms with Crippen molar-refractivity contribution in [3.05, 3.63) is 52.4 Å². The number of pyridine rings is 1. The lowest BCUT2D eigenvalue weighted by Crippen LogP contribution is -2.49. The molecule has 0 aliphatic carbocycles. The van der Waals surface area contributed by atoms with Gasteiger partial charge in [0.25, 0.3) is 5.91 Å². The number of esters is 1. The number of benzene rings is 1. The lowest BCUT2D eigenvalue weighted by molar-refractivity contribution is -0.123. The molecule has 9 heteroatoms. The summed E-state index contributed by atoms with van der Waals surface area (Å²) in [7, 11) is 0. The first-order valence-electron chi connectivity index (χ1n) is 9.07. The van der Waals surface area contributed by atoms with Crippen LogP contribution >= 0.6 is 22.9 Å². The van der Waals surface area contributed by atoms with Gasteiger partial charge in [0.05, 0.1) is 26.0 Å². The molecule has 0 aliphatic heterocycles. The molecule has 0 atom stereocenters. The second-order valence-electron chi connectivity index (χ2n) is 7.50. The molecular weight excluding hydrogens is 426 g/mol. The van der Waals surface area contributed by atoms with Crippen LogP contribution in [-0.2, 0) is 9.53 Å². The predicted molar refractivity (Wildman–Crippen MR) is 117 cm³/mol. The van der Waals surface area contributed by atoms with E-state index in [2.05, 4.69) is 15.6 Å². The Balaban J connectivity index is 1.77. The topological polar surface area (TPSA) is 97.4 Å². The standard InChI is InChI=1S/C21H20ClN3O4S/c1-21(2,3)25-20(28)24-18(26)11-29-19(27)13-10-15(16-8-9-17(22)30-16)23-14-7-5-4-6-12(13)14/h4-10H,11H2,1-3H3,(H2,24,25,26,28). The van der Waals surface area contributed by atoms with Crippen LogP contribution in [-0.4, -0.2) is 35.0 Å². The number of nitrogens with one attached hydrogen (secondary N) is 2. The van der Waals surface area contributed by atoms with Crippen LogP contribution in [0.2, 0.25) is 4.34 Å². The summed E-state index contributed by atoms with van der Waals surface area (Å²) in [6.45, 7) is 4.76. The number of imide groups is 1. The molecule has 1 aromatic carbocycles. The van der Waals surface area contributed by atoms with Crippen LogP contribution in [0.3, 0.4) is 0 Å². The molecule has 0 bridgehead atoms. The van der Waals surface area contributed by atoms with E-state index < -0.39 is 30.1 Å². The van der Waals surface area contributed by atoms with Crippen molar-refractivity contribution in [2.24, 2.45) is 0 Å². The van der Waals surface area contributed by atoms with Gasteiger partial charge in [-0.3, -0.25) is 10.1 Å². The monoisotopic (exact) mass is 445 g/mol. The Morgan fingerprint density at radius 2 is 1.87 bits per heavy atom. The van der Waals surface area contributed by atoms with Gasteiger partial charge >= 0.3 is 12.0 Å². The first kappa shape index (κ1) is 21.7. The van der Waals surface area contributed by atoms with Gasteiger partial charge in [-0.25, -0.2) is 14.6 Å². The number of amides is 3. The van der Waals surface area contributed by atoms with Crippen molar-refractivity contribution < 1.29 is 19.1 Å². The first-order valence-corrected chi connectivity index (χ1v) is 10.3. The van der Waals surface area contributed by atoms with Gasteiger partial charge in [-0.05, 0) is 45.0 Å². The maximum atomic E-state index is 12.7. The normalized spacial score (nSPS) is 11.2. The van der Waals surface area contributed by atoms with Crippen LogP contribution in [0.4, 0.5) is 4.79 Å². The van der Waals surface area contributed by atoms with Crippen LogP contribution in [0, 0.1) is 0 Å². The zero-order chi connectivity index (χ0) is 21.9. The summed E-state index contributed by atoms with van der Waals surface area (Å²) >= 11 is 7.36. The number of hydrogen-bond acceptors (Lipinski definition) is 6. The van der Waals surface area contributed by atoms with Crippen molar-refractivity contribution in [2.75, 3.05) is 6.61 Å². The number of rotatable bonds is 4. The molecule has 0 saturated carbocycles. The lowest BCUT2D eigenvalue weighted by Gasteiger charge is -2.20. The maximum Gasteiger partial charge on any atom is 0.339 e. The molecule has 3 amide bonds. The van der Waals surface area contributed by atoms with Crippen molar-refractivity contribution in [1.29, 1.82) is 0 Å². The van der Waals surface area contributed by atoms with Crippen molar-refractivity contribution >= 4 is 51.7 Å². The number of aromatic nitrogens is 1. The molecule has 0 saturated heterocycles. The van der Waals surface area contributed by atoms with E-state index in [1.165, 1.54) is 11.3 Å². The largest absolute Gasteiger partial charge is 0.452 e. The average Bonchev–Trinajstić information content (AvgIpc) is 3.10. The van der Waals surface area contributed by atoms with E-state index >= 15 is 0 Å². The van der Waals surface area contributed by atoms with Crippen LogP contribution in [0.15, 0.2) is 42.5 Å². The third-order valence-corrected chi connectivity index (χ3v) is 5.09. The van der Waals surface area contributed by atoms with Gasteiger partial charge in [-0.15, -0.1) is 11.3 Å². The number of para-hydroxylation sites is 1. The quantitative estimate of drug-likeness (QED) is 0.580. The number of nitrogens with zero attached hydrogens (tertiary/aromatic N) is 1. The smallest absolute Gasteiger partial charge is 0.339 e. The number of urea groups is 1. The minimum Gasteiger partial charge on any atom is -0.452 e. The summed E-state index contributed by atoms with van der Waals surface area (Å²) in [5.41, 5.74) is 0.956. The zero-order valence-electron chi connectivity index (χ0n) is 16.6. The average molecular weight is 446 g/mol. The van der Waals surface area contributed by atoms with E-state index in [0.29, 0.717) is 20.9 Å². The third kappa shape index (κ3) is 5.55. The Hall–Kier alpha value is -2.97. The van der Waals surface area contributed by atoms with Crippen molar-refractivity contribution in [3.8, 4) is 10.6 Å². The highest BCUT2D eigenvalue weighted by atomic mass is 35.5. The van der Waals surface area contributed by atoms with Crippen LogP contribution < -0.4 is 10.6 Å². The lowest BCUT2D eigenvalue weighted by atomic mass is 10.1. The first-order chi connectivity index (χ1) is 14.1. The molecule has 3 rings (SSSR count).